The van der Waals surface area contributed by atoms with Gasteiger partial charge in [0, 0.05) is 0 Å². The van der Waals surface area contributed by atoms with Crippen molar-refractivity contribution in [2.75, 3.05) is 13.2 Å². The van der Waals surface area contributed by atoms with Crippen molar-refractivity contribution in [2.45, 2.75) is 33.1 Å². The summed E-state index contributed by atoms with van der Waals surface area (Å²) in [4.78, 5) is 16.1. The van der Waals surface area contributed by atoms with Crippen molar-refractivity contribution in [2.24, 2.45) is 5.92 Å². The third-order valence-electron chi connectivity index (χ3n) is 3.03. The summed E-state index contributed by atoms with van der Waals surface area (Å²) in [7, 11) is 0. The Bertz CT molecular complexity index is 430. The lowest BCUT2D eigenvalue weighted by Gasteiger charge is -2.14. The number of carbonyl (C=O) groups excluding carboxylic acids is 1. The largest absolute Gasteiger partial charge is 0.566 e. The Morgan fingerprint density at radius 1 is 1.24 bits per heavy atom. The number of rotatable bonds is 8. The van der Waals surface area contributed by atoms with Crippen molar-refractivity contribution < 1.29 is 25.0 Å². The molecule has 1 aromatic carbocycles. The molecule has 2 N–H and O–H groups in total. The quantitative estimate of drug-likeness (QED) is 0.428. The first kappa shape index (κ1) is 17.6. The molecule has 2 unspecified atom stereocenters. The molecule has 118 valence electrons. The molecule has 0 aliphatic rings. The lowest BCUT2D eigenvalue weighted by atomic mass is 9.97. The predicted octanol–water partition coefficient (Wildman–Crippen LogP) is 1.24. The number of nitrogens with one attached hydrogen (secondary N) is 1. The van der Waals surface area contributed by atoms with E-state index in [1.165, 1.54) is 5.56 Å². The Morgan fingerprint density at radius 3 is 2.38 bits per heavy atom. The predicted molar refractivity (Wildman–Crippen MR) is 76.4 cm³/mol. The molecule has 1 aromatic rings. The lowest BCUT2D eigenvalue weighted by Crippen LogP contribution is -3.03. The van der Waals surface area contributed by atoms with Crippen LogP contribution < -0.4 is 5.39 Å². The molecule has 0 saturated carbocycles. The average molecular weight is 297 g/mol. The third kappa shape index (κ3) is 6.68. The van der Waals surface area contributed by atoms with E-state index in [0.717, 1.165) is 12.0 Å². The molecule has 0 bridgehead atoms. The van der Waals surface area contributed by atoms with Crippen molar-refractivity contribution in [1.82, 2.24) is 0 Å². The van der Waals surface area contributed by atoms with Crippen LogP contribution in [0.15, 0.2) is 24.3 Å². The molecule has 1 rings (SSSR count). The van der Waals surface area contributed by atoms with Gasteiger partial charge in [-0.05, 0) is 30.4 Å². The number of benzene rings is 1. The van der Waals surface area contributed by atoms with Crippen LogP contribution in [0.5, 0.6) is 0 Å². The van der Waals surface area contributed by atoms with Crippen LogP contribution in [0.4, 0.5) is 0 Å². The maximum absolute atomic E-state index is 11.8. The summed E-state index contributed by atoms with van der Waals surface area (Å²) < 4.78 is 4.98. The third-order valence-corrected chi connectivity index (χ3v) is 3.03. The van der Waals surface area contributed by atoms with Gasteiger partial charge in [-0.1, -0.05) is 43.5 Å². The summed E-state index contributed by atoms with van der Waals surface area (Å²) in [5.41, 5.74) is 2.12. The van der Waals surface area contributed by atoms with Gasteiger partial charge in [-0.2, -0.15) is 10.0 Å². The second kappa shape index (κ2) is 8.74. The van der Waals surface area contributed by atoms with E-state index in [-0.39, 0.29) is 25.1 Å². The molecule has 0 fully saturated rings. The van der Waals surface area contributed by atoms with Gasteiger partial charge in [0.1, 0.15) is 13.2 Å². The first-order valence-corrected chi connectivity index (χ1v) is 7.01. The Labute approximate surface area is 124 Å². The highest BCUT2D eigenvalue weighted by atomic mass is 17.1. The topological polar surface area (TPSA) is 83.3 Å². The smallest absolute Gasteiger partial charge is 0.313 e. The molecule has 0 aliphatic heterocycles. The van der Waals surface area contributed by atoms with Gasteiger partial charge < -0.3 is 9.94 Å². The van der Waals surface area contributed by atoms with E-state index in [4.69, 9.17) is 9.94 Å². The number of ether oxygens (including phenoxy) is 1. The molecule has 2 atom stereocenters. The molecule has 0 aromatic heterocycles. The Kier molecular flexibility index (Phi) is 7.31. The fourth-order valence-electron chi connectivity index (χ4n) is 1.95. The van der Waals surface area contributed by atoms with Crippen LogP contribution in [0, 0.1) is 11.1 Å². The molecule has 0 radical (unpaired) electrons. The number of hydrogen-bond donors (Lipinski definition) is 2. The van der Waals surface area contributed by atoms with Crippen molar-refractivity contribution in [3.8, 4) is 0 Å². The maximum atomic E-state index is 11.8. The standard InChI is InChI=1S/C15H23NO5/c1-11(2)10-13-4-6-14(7-5-13)12(3)15(17)20-8-9-21-16(18)19/h4-7,11-12,16,18H,8-10H2,1-3H3. The number of quaternary nitrogens is 1. The van der Waals surface area contributed by atoms with Gasteiger partial charge in [0.15, 0.2) is 0 Å². The molecular weight excluding hydrogens is 274 g/mol. The van der Waals surface area contributed by atoms with Gasteiger partial charge in [0.2, 0.25) is 0 Å². The molecule has 0 spiro atoms. The summed E-state index contributed by atoms with van der Waals surface area (Å²) in [5, 5.41) is 17.1. The minimum Gasteiger partial charge on any atom is -0.566 e. The fraction of sp³-hybridized carbons (Fsp3) is 0.533. The SMILES string of the molecule is CC(C)Cc1ccc(C(C)C(=O)OCCO[NH+]([O-])O)cc1. The summed E-state index contributed by atoms with van der Waals surface area (Å²) >= 11 is 0. The molecule has 0 aliphatic carbocycles. The molecule has 6 nitrogen and oxygen atoms in total. The summed E-state index contributed by atoms with van der Waals surface area (Å²) in [6.45, 7) is 5.86. The first-order valence-electron chi connectivity index (χ1n) is 7.01. The molecule has 0 heterocycles. The van der Waals surface area contributed by atoms with Crippen LogP contribution >= 0.6 is 0 Å². The minimum atomic E-state index is -1.38. The maximum Gasteiger partial charge on any atom is 0.313 e. The highest BCUT2D eigenvalue weighted by Gasteiger charge is 2.16. The second-order valence-corrected chi connectivity index (χ2v) is 5.34. The summed E-state index contributed by atoms with van der Waals surface area (Å²) in [6.07, 6.45) is 1.01. The summed E-state index contributed by atoms with van der Waals surface area (Å²) in [6, 6.07) is 7.90. The molecule has 0 amide bonds. The van der Waals surface area contributed by atoms with Gasteiger partial charge in [-0.3, -0.25) is 4.79 Å². The Morgan fingerprint density at radius 2 is 1.86 bits per heavy atom. The van der Waals surface area contributed by atoms with Crippen LogP contribution in [-0.4, -0.2) is 24.4 Å². The lowest BCUT2D eigenvalue weighted by molar-refractivity contribution is -1.21. The Hall–Kier alpha value is -1.47. The van der Waals surface area contributed by atoms with E-state index in [1.807, 2.05) is 24.3 Å². The molecular formula is C15H23NO5. The van der Waals surface area contributed by atoms with E-state index in [9.17, 15) is 10.0 Å². The zero-order valence-electron chi connectivity index (χ0n) is 12.7. The van der Waals surface area contributed by atoms with Crippen molar-refractivity contribution in [1.29, 1.82) is 0 Å². The van der Waals surface area contributed by atoms with Crippen LogP contribution in [0.1, 0.15) is 37.8 Å². The van der Waals surface area contributed by atoms with Crippen molar-refractivity contribution in [3.63, 3.8) is 0 Å². The highest BCUT2D eigenvalue weighted by molar-refractivity contribution is 5.77. The molecule has 0 saturated heterocycles. The normalized spacial score (nSPS) is 14.0. The fourth-order valence-corrected chi connectivity index (χ4v) is 1.95. The van der Waals surface area contributed by atoms with E-state index < -0.39 is 5.39 Å². The number of hydrogen-bond acceptors (Lipinski definition) is 5. The van der Waals surface area contributed by atoms with Crippen molar-refractivity contribution in [3.05, 3.63) is 40.6 Å². The first-order chi connectivity index (χ1) is 9.90. The van der Waals surface area contributed by atoms with Crippen molar-refractivity contribution >= 4 is 5.97 Å². The number of carbonyl (C=O) groups is 1. The second-order valence-electron chi connectivity index (χ2n) is 5.34. The van der Waals surface area contributed by atoms with Crippen LogP contribution in [0.2, 0.25) is 0 Å². The van der Waals surface area contributed by atoms with Gasteiger partial charge in [0.25, 0.3) is 0 Å². The highest BCUT2D eigenvalue weighted by Crippen LogP contribution is 2.18. The van der Waals surface area contributed by atoms with E-state index in [1.54, 1.807) is 6.92 Å². The average Bonchev–Trinajstić information content (AvgIpc) is 2.42. The summed E-state index contributed by atoms with van der Waals surface area (Å²) in [5.74, 6) is -0.184. The van der Waals surface area contributed by atoms with Crippen LogP contribution in [0.3, 0.4) is 0 Å². The van der Waals surface area contributed by atoms with Gasteiger partial charge in [-0.25, -0.2) is 0 Å². The monoisotopic (exact) mass is 297 g/mol. The van der Waals surface area contributed by atoms with E-state index in [0.29, 0.717) is 5.92 Å². The van der Waals surface area contributed by atoms with Gasteiger partial charge in [0.05, 0.1) is 5.92 Å². The zero-order valence-corrected chi connectivity index (χ0v) is 12.7. The molecule has 6 heteroatoms. The Balaban J connectivity index is 2.46. The van der Waals surface area contributed by atoms with Gasteiger partial charge in [-0.15, -0.1) is 0 Å². The van der Waals surface area contributed by atoms with Crippen LogP contribution in [0.25, 0.3) is 0 Å². The molecule has 21 heavy (non-hydrogen) atoms. The van der Waals surface area contributed by atoms with E-state index in [2.05, 4.69) is 18.7 Å². The van der Waals surface area contributed by atoms with E-state index >= 15 is 0 Å². The number of esters is 1. The van der Waals surface area contributed by atoms with Gasteiger partial charge >= 0.3 is 5.97 Å². The minimum absolute atomic E-state index is 0.0685. The zero-order chi connectivity index (χ0) is 15.8. The van der Waals surface area contributed by atoms with Crippen LogP contribution in [-0.2, 0) is 20.8 Å².